The van der Waals surface area contributed by atoms with Gasteiger partial charge in [0, 0.05) is 5.56 Å². The standard InChI is InChI=1S/C21H17N3O3S/c1-26-16-10-7-14(8-11-16)9-12-19-22-21-24(23-19)20(25)18(28-21)13-15-5-3-4-6-17(15)27-2/h3-13H,1-2H3/b12-9+,18-13+. The summed E-state index contributed by atoms with van der Waals surface area (Å²) in [5.41, 5.74) is 1.64. The number of para-hydroxylation sites is 1. The average molecular weight is 391 g/mol. The third-order valence-electron chi connectivity index (χ3n) is 4.16. The van der Waals surface area contributed by atoms with Crippen molar-refractivity contribution in [1.82, 2.24) is 14.6 Å². The van der Waals surface area contributed by atoms with E-state index in [1.54, 1.807) is 26.4 Å². The van der Waals surface area contributed by atoms with Gasteiger partial charge in [-0.1, -0.05) is 47.7 Å². The second-order valence-electron chi connectivity index (χ2n) is 5.93. The number of thiazole rings is 1. The van der Waals surface area contributed by atoms with Gasteiger partial charge in [-0.3, -0.25) is 4.79 Å². The summed E-state index contributed by atoms with van der Waals surface area (Å²) in [6.07, 6.45) is 5.48. The minimum Gasteiger partial charge on any atom is -0.497 e. The van der Waals surface area contributed by atoms with Crippen LogP contribution in [0.25, 0.3) is 23.2 Å². The van der Waals surface area contributed by atoms with E-state index in [9.17, 15) is 4.79 Å². The molecule has 6 nitrogen and oxygen atoms in total. The zero-order valence-electron chi connectivity index (χ0n) is 15.3. The van der Waals surface area contributed by atoms with Gasteiger partial charge in [-0.05, 0) is 35.9 Å². The van der Waals surface area contributed by atoms with Gasteiger partial charge in [0.25, 0.3) is 5.56 Å². The number of rotatable bonds is 5. The van der Waals surface area contributed by atoms with Crippen molar-refractivity contribution in [3.05, 3.63) is 80.4 Å². The molecular formula is C21H17N3O3S. The summed E-state index contributed by atoms with van der Waals surface area (Å²) in [6, 6.07) is 15.2. The fourth-order valence-corrected chi connectivity index (χ4v) is 3.64. The smallest absolute Gasteiger partial charge is 0.291 e. The lowest BCUT2D eigenvalue weighted by Crippen LogP contribution is -2.23. The first-order valence-electron chi connectivity index (χ1n) is 8.54. The van der Waals surface area contributed by atoms with Crippen LogP contribution in [0.4, 0.5) is 0 Å². The molecule has 0 aliphatic carbocycles. The SMILES string of the molecule is COc1ccc(/C=C/c2nc3s/c(=C/c4ccccc4OC)c(=O)n3n2)cc1. The summed E-state index contributed by atoms with van der Waals surface area (Å²) in [5, 5.41) is 4.31. The first-order chi connectivity index (χ1) is 13.7. The maximum absolute atomic E-state index is 12.7. The average Bonchev–Trinajstić information content (AvgIpc) is 3.26. The van der Waals surface area contributed by atoms with E-state index in [0.29, 0.717) is 21.1 Å². The normalized spacial score (nSPS) is 12.1. The summed E-state index contributed by atoms with van der Waals surface area (Å²) in [5.74, 6) is 2.00. The highest BCUT2D eigenvalue weighted by Gasteiger charge is 2.09. The van der Waals surface area contributed by atoms with Crippen molar-refractivity contribution >= 4 is 34.5 Å². The Morgan fingerprint density at radius 1 is 1.00 bits per heavy atom. The Morgan fingerprint density at radius 3 is 2.50 bits per heavy atom. The molecule has 0 aliphatic rings. The highest BCUT2D eigenvalue weighted by Crippen LogP contribution is 2.18. The number of fused-ring (bicyclic) bond motifs is 1. The van der Waals surface area contributed by atoms with Crippen LogP contribution < -0.4 is 19.6 Å². The van der Waals surface area contributed by atoms with Crippen molar-refractivity contribution in [3.8, 4) is 11.5 Å². The van der Waals surface area contributed by atoms with Crippen LogP contribution >= 0.6 is 11.3 Å². The van der Waals surface area contributed by atoms with Gasteiger partial charge in [0.15, 0.2) is 5.82 Å². The van der Waals surface area contributed by atoms with Gasteiger partial charge in [-0.2, -0.15) is 9.50 Å². The van der Waals surface area contributed by atoms with Crippen LogP contribution in [0, 0.1) is 0 Å². The molecule has 2 aromatic carbocycles. The monoisotopic (exact) mass is 391 g/mol. The molecule has 7 heteroatoms. The van der Waals surface area contributed by atoms with E-state index in [0.717, 1.165) is 16.9 Å². The third-order valence-corrected chi connectivity index (χ3v) is 5.12. The van der Waals surface area contributed by atoms with Crippen LogP contribution in [-0.4, -0.2) is 28.8 Å². The second kappa shape index (κ2) is 7.66. The lowest BCUT2D eigenvalue weighted by molar-refractivity contribution is 0.414. The number of nitrogens with zero attached hydrogens (tertiary/aromatic N) is 3. The van der Waals surface area contributed by atoms with Crippen LogP contribution in [-0.2, 0) is 0 Å². The predicted molar refractivity (Wildman–Crippen MR) is 111 cm³/mol. The van der Waals surface area contributed by atoms with Crippen molar-refractivity contribution < 1.29 is 9.47 Å². The number of hydrogen-bond donors (Lipinski definition) is 0. The molecule has 0 N–H and O–H groups in total. The summed E-state index contributed by atoms with van der Waals surface area (Å²) < 4.78 is 12.4. The van der Waals surface area contributed by atoms with E-state index in [-0.39, 0.29) is 5.56 Å². The van der Waals surface area contributed by atoms with Crippen molar-refractivity contribution in [3.63, 3.8) is 0 Å². The summed E-state index contributed by atoms with van der Waals surface area (Å²) in [7, 11) is 3.24. The van der Waals surface area contributed by atoms with Crippen molar-refractivity contribution in [1.29, 1.82) is 0 Å². The van der Waals surface area contributed by atoms with Crippen LogP contribution in [0.1, 0.15) is 17.0 Å². The lowest BCUT2D eigenvalue weighted by Gasteiger charge is -2.02. The molecular weight excluding hydrogens is 374 g/mol. The topological polar surface area (TPSA) is 65.7 Å². The van der Waals surface area contributed by atoms with Gasteiger partial charge in [-0.15, -0.1) is 5.10 Å². The number of ether oxygens (including phenoxy) is 2. The van der Waals surface area contributed by atoms with E-state index >= 15 is 0 Å². The molecule has 140 valence electrons. The Hall–Kier alpha value is -3.45. The molecule has 2 heterocycles. The van der Waals surface area contributed by atoms with Gasteiger partial charge in [0.2, 0.25) is 4.96 Å². The Balaban J connectivity index is 1.65. The molecule has 0 fully saturated rings. The molecule has 0 radical (unpaired) electrons. The minimum atomic E-state index is -0.192. The second-order valence-corrected chi connectivity index (χ2v) is 6.94. The maximum atomic E-state index is 12.7. The molecule has 0 bridgehead atoms. The molecule has 4 aromatic rings. The van der Waals surface area contributed by atoms with E-state index < -0.39 is 0 Å². The number of hydrogen-bond acceptors (Lipinski definition) is 6. The van der Waals surface area contributed by atoms with Gasteiger partial charge < -0.3 is 9.47 Å². The predicted octanol–water partition coefficient (Wildman–Crippen LogP) is 2.89. The summed E-state index contributed by atoms with van der Waals surface area (Å²) >= 11 is 1.30. The molecule has 0 atom stereocenters. The maximum Gasteiger partial charge on any atom is 0.291 e. The lowest BCUT2D eigenvalue weighted by atomic mass is 10.2. The van der Waals surface area contributed by atoms with Gasteiger partial charge in [0.1, 0.15) is 11.5 Å². The number of aromatic nitrogens is 3. The summed E-state index contributed by atoms with van der Waals surface area (Å²) in [6.45, 7) is 0. The van der Waals surface area contributed by atoms with E-state index in [1.165, 1.54) is 15.9 Å². The first-order valence-corrected chi connectivity index (χ1v) is 9.36. The van der Waals surface area contributed by atoms with Crippen molar-refractivity contribution in [2.75, 3.05) is 14.2 Å². The molecule has 28 heavy (non-hydrogen) atoms. The molecule has 4 rings (SSSR count). The molecule has 2 aromatic heterocycles. The Labute approximate surface area is 165 Å². The molecule has 0 saturated carbocycles. The Morgan fingerprint density at radius 2 is 1.79 bits per heavy atom. The molecule has 0 unspecified atom stereocenters. The van der Waals surface area contributed by atoms with E-state index in [2.05, 4.69) is 10.1 Å². The van der Waals surface area contributed by atoms with E-state index in [4.69, 9.17) is 9.47 Å². The molecule has 0 spiro atoms. The van der Waals surface area contributed by atoms with Crippen LogP contribution in [0.15, 0.2) is 53.3 Å². The van der Waals surface area contributed by atoms with Gasteiger partial charge in [0.05, 0.1) is 18.8 Å². The highest BCUT2D eigenvalue weighted by molar-refractivity contribution is 7.15. The highest BCUT2D eigenvalue weighted by atomic mass is 32.1. The van der Waals surface area contributed by atoms with Gasteiger partial charge in [-0.25, -0.2) is 0 Å². The van der Waals surface area contributed by atoms with Crippen LogP contribution in [0.5, 0.6) is 11.5 Å². The third kappa shape index (κ3) is 3.52. The zero-order valence-corrected chi connectivity index (χ0v) is 16.1. The number of benzene rings is 2. The Kier molecular flexibility index (Phi) is 4.90. The quantitative estimate of drug-likeness (QED) is 0.523. The summed E-state index contributed by atoms with van der Waals surface area (Å²) in [4.78, 5) is 17.6. The first kappa shape index (κ1) is 17.9. The van der Waals surface area contributed by atoms with Crippen molar-refractivity contribution in [2.45, 2.75) is 0 Å². The van der Waals surface area contributed by atoms with Crippen molar-refractivity contribution in [2.24, 2.45) is 0 Å². The minimum absolute atomic E-state index is 0.192. The van der Waals surface area contributed by atoms with E-state index in [1.807, 2.05) is 54.6 Å². The van der Waals surface area contributed by atoms with Crippen LogP contribution in [0.2, 0.25) is 0 Å². The largest absolute Gasteiger partial charge is 0.497 e. The fourth-order valence-electron chi connectivity index (χ4n) is 2.73. The zero-order chi connectivity index (χ0) is 19.5. The van der Waals surface area contributed by atoms with Gasteiger partial charge >= 0.3 is 0 Å². The number of methoxy groups -OCH3 is 2. The fraction of sp³-hybridized carbons (Fsp3) is 0.0952. The molecule has 0 saturated heterocycles. The molecule has 0 aliphatic heterocycles. The molecule has 0 amide bonds. The van der Waals surface area contributed by atoms with Crippen LogP contribution in [0.3, 0.4) is 0 Å². The Bertz CT molecular complexity index is 1260.